The van der Waals surface area contributed by atoms with Gasteiger partial charge in [-0.2, -0.15) is 0 Å². The van der Waals surface area contributed by atoms with Crippen molar-refractivity contribution in [1.82, 2.24) is 0 Å². The van der Waals surface area contributed by atoms with E-state index in [0.29, 0.717) is 5.75 Å². The molecule has 0 atom stereocenters. The number of hydrogen-bond acceptors (Lipinski definition) is 3. The number of ether oxygens (including phenoxy) is 3. The maximum Gasteiger partial charge on any atom is 0.203 e. The molecular formula is C13H20O3. The summed E-state index contributed by atoms with van der Waals surface area (Å²) in [6, 6.07) is 2.03. The molecular weight excluding hydrogens is 204 g/mol. The van der Waals surface area contributed by atoms with Gasteiger partial charge >= 0.3 is 0 Å². The van der Waals surface area contributed by atoms with E-state index >= 15 is 0 Å². The first-order chi connectivity index (χ1) is 7.73. The van der Waals surface area contributed by atoms with Gasteiger partial charge in [0, 0.05) is 5.56 Å². The summed E-state index contributed by atoms with van der Waals surface area (Å²) in [6.45, 7) is 4.24. The van der Waals surface area contributed by atoms with Gasteiger partial charge in [-0.3, -0.25) is 0 Å². The van der Waals surface area contributed by atoms with E-state index in [1.807, 2.05) is 6.07 Å². The fraction of sp³-hybridized carbons (Fsp3) is 0.538. The number of aryl methyl sites for hydroxylation is 1. The second kappa shape index (κ2) is 5.64. The first-order valence-electron chi connectivity index (χ1n) is 5.54. The standard InChI is InChI=1S/C13H20O3/c1-6-9-8-11(14-3)13(16-5)12(15-4)10(9)7-2/h8H,6-7H2,1-5H3. The first-order valence-corrected chi connectivity index (χ1v) is 5.54. The molecule has 0 spiro atoms. The van der Waals surface area contributed by atoms with Gasteiger partial charge in [-0.05, 0) is 24.5 Å². The van der Waals surface area contributed by atoms with E-state index in [1.54, 1.807) is 21.3 Å². The average Bonchev–Trinajstić information content (AvgIpc) is 2.35. The van der Waals surface area contributed by atoms with Crippen LogP contribution in [0.15, 0.2) is 6.07 Å². The molecule has 0 heterocycles. The van der Waals surface area contributed by atoms with Crippen molar-refractivity contribution in [2.75, 3.05) is 21.3 Å². The number of rotatable bonds is 5. The van der Waals surface area contributed by atoms with Crippen LogP contribution in [0.25, 0.3) is 0 Å². The fourth-order valence-corrected chi connectivity index (χ4v) is 1.97. The van der Waals surface area contributed by atoms with E-state index < -0.39 is 0 Å². The molecule has 0 unspecified atom stereocenters. The molecule has 1 aromatic rings. The van der Waals surface area contributed by atoms with Gasteiger partial charge in [0.2, 0.25) is 5.75 Å². The Bertz CT molecular complexity index is 328. The molecule has 0 N–H and O–H groups in total. The summed E-state index contributed by atoms with van der Waals surface area (Å²) in [4.78, 5) is 0. The van der Waals surface area contributed by atoms with E-state index in [4.69, 9.17) is 14.2 Å². The summed E-state index contributed by atoms with van der Waals surface area (Å²) in [5, 5.41) is 0. The van der Waals surface area contributed by atoms with Crippen molar-refractivity contribution < 1.29 is 14.2 Å². The molecule has 0 aliphatic heterocycles. The van der Waals surface area contributed by atoms with Crippen LogP contribution in [0.1, 0.15) is 25.0 Å². The Kier molecular flexibility index (Phi) is 4.47. The van der Waals surface area contributed by atoms with Crippen LogP contribution in [-0.2, 0) is 12.8 Å². The van der Waals surface area contributed by atoms with E-state index in [2.05, 4.69) is 13.8 Å². The second-order valence-corrected chi connectivity index (χ2v) is 3.49. The molecule has 0 aromatic heterocycles. The normalized spacial score (nSPS) is 10.1. The lowest BCUT2D eigenvalue weighted by Gasteiger charge is -2.18. The van der Waals surface area contributed by atoms with Crippen molar-refractivity contribution in [3.05, 3.63) is 17.2 Å². The minimum atomic E-state index is 0.680. The molecule has 3 nitrogen and oxygen atoms in total. The average molecular weight is 224 g/mol. The van der Waals surface area contributed by atoms with Crippen molar-refractivity contribution in [3.8, 4) is 17.2 Å². The van der Waals surface area contributed by atoms with Gasteiger partial charge < -0.3 is 14.2 Å². The highest BCUT2D eigenvalue weighted by atomic mass is 16.5. The summed E-state index contributed by atoms with van der Waals surface area (Å²) in [5.41, 5.74) is 2.44. The molecule has 0 fully saturated rings. The fourth-order valence-electron chi connectivity index (χ4n) is 1.97. The van der Waals surface area contributed by atoms with Gasteiger partial charge in [-0.25, -0.2) is 0 Å². The summed E-state index contributed by atoms with van der Waals surface area (Å²) < 4.78 is 16.1. The molecule has 0 bridgehead atoms. The molecule has 90 valence electrons. The molecule has 1 rings (SSSR count). The van der Waals surface area contributed by atoms with Crippen LogP contribution in [0, 0.1) is 0 Å². The zero-order valence-corrected chi connectivity index (χ0v) is 10.7. The van der Waals surface area contributed by atoms with Gasteiger partial charge in [0.05, 0.1) is 21.3 Å². The van der Waals surface area contributed by atoms with Gasteiger partial charge in [0.1, 0.15) is 0 Å². The van der Waals surface area contributed by atoms with Gasteiger partial charge in [0.15, 0.2) is 11.5 Å². The van der Waals surface area contributed by atoms with Crippen molar-refractivity contribution in [2.24, 2.45) is 0 Å². The maximum atomic E-state index is 5.44. The second-order valence-electron chi connectivity index (χ2n) is 3.49. The summed E-state index contributed by atoms with van der Waals surface area (Å²) in [6.07, 6.45) is 1.88. The van der Waals surface area contributed by atoms with Crippen LogP contribution in [0.4, 0.5) is 0 Å². The highest BCUT2D eigenvalue weighted by Crippen LogP contribution is 2.42. The van der Waals surface area contributed by atoms with Crippen LogP contribution >= 0.6 is 0 Å². The molecule has 3 heteroatoms. The Labute approximate surface area is 97.3 Å². The van der Waals surface area contributed by atoms with E-state index in [1.165, 1.54) is 11.1 Å². The van der Waals surface area contributed by atoms with Gasteiger partial charge in [-0.1, -0.05) is 13.8 Å². The molecule has 0 saturated heterocycles. The first kappa shape index (κ1) is 12.7. The lowest BCUT2D eigenvalue weighted by atomic mass is 10.0. The predicted molar refractivity (Wildman–Crippen MR) is 64.9 cm³/mol. The van der Waals surface area contributed by atoms with E-state index in [0.717, 1.165) is 24.3 Å². The third kappa shape index (κ3) is 2.08. The predicted octanol–water partition coefficient (Wildman–Crippen LogP) is 2.84. The summed E-state index contributed by atoms with van der Waals surface area (Å²) in [5.74, 6) is 2.20. The highest BCUT2D eigenvalue weighted by molar-refractivity contribution is 5.59. The van der Waals surface area contributed by atoms with E-state index in [9.17, 15) is 0 Å². The highest BCUT2D eigenvalue weighted by Gasteiger charge is 2.18. The summed E-state index contributed by atoms with van der Waals surface area (Å²) >= 11 is 0. The van der Waals surface area contributed by atoms with Crippen molar-refractivity contribution in [2.45, 2.75) is 26.7 Å². The van der Waals surface area contributed by atoms with Crippen molar-refractivity contribution in [1.29, 1.82) is 0 Å². The SMILES string of the molecule is CCc1cc(OC)c(OC)c(OC)c1CC. The topological polar surface area (TPSA) is 27.7 Å². The Balaban J connectivity index is 3.47. The molecule has 0 saturated carbocycles. The molecule has 0 radical (unpaired) electrons. The Morgan fingerprint density at radius 2 is 1.50 bits per heavy atom. The smallest absolute Gasteiger partial charge is 0.203 e. The minimum absolute atomic E-state index is 0.680. The quantitative estimate of drug-likeness (QED) is 0.769. The molecule has 0 aliphatic rings. The Morgan fingerprint density at radius 3 is 1.88 bits per heavy atom. The van der Waals surface area contributed by atoms with Crippen LogP contribution in [0.5, 0.6) is 17.2 Å². The third-order valence-electron chi connectivity index (χ3n) is 2.76. The summed E-state index contributed by atoms with van der Waals surface area (Å²) in [7, 11) is 4.93. The molecule has 0 aliphatic carbocycles. The monoisotopic (exact) mass is 224 g/mol. The minimum Gasteiger partial charge on any atom is -0.493 e. The molecule has 0 amide bonds. The lowest BCUT2D eigenvalue weighted by molar-refractivity contribution is 0.321. The van der Waals surface area contributed by atoms with Crippen LogP contribution < -0.4 is 14.2 Å². The van der Waals surface area contributed by atoms with Gasteiger partial charge in [-0.15, -0.1) is 0 Å². The zero-order chi connectivity index (χ0) is 12.1. The Hall–Kier alpha value is -1.38. The van der Waals surface area contributed by atoms with E-state index in [-0.39, 0.29) is 0 Å². The van der Waals surface area contributed by atoms with Crippen molar-refractivity contribution in [3.63, 3.8) is 0 Å². The number of benzene rings is 1. The lowest BCUT2D eigenvalue weighted by Crippen LogP contribution is -2.02. The zero-order valence-electron chi connectivity index (χ0n) is 10.7. The van der Waals surface area contributed by atoms with Crippen molar-refractivity contribution >= 4 is 0 Å². The van der Waals surface area contributed by atoms with Crippen LogP contribution in [-0.4, -0.2) is 21.3 Å². The molecule has 1 aromatic carbocycles. The number of hydrogen-bond donors (Lipinski definition) is 0. The van der Waals surface area contributed by atoms with Crippen LogP contribution in [0.2, 0.25) is 0 Å². The largest absolute Gasteiger partial charge is 0.493 e. The van der Waals surface area contributed by atoms with Crippen LogP contribution in [0.3, 0.4) is 0 Å². The molecule has 16 heavy (non-hydrogen) atoms. The maximum absolute atomic E-state index is 5.44. The Morgan fingerprint density at radius 1 is 0.875 bits per heavy atom. The van der Waals surface area contributed by atoms with Gasteiger partial charge in [0.25, 0.3) is 0 Å². The third-order valence-corrected chi connectivity index (χ3v) is 2.76. The number of methoxy groups -OCH3 is 3.